The van der Waals surface area contributed by atoms with Gasteiger partial charge >= 0.3 is 6.36 Å². The first kappa shape index (κ1) is 22.4. The van der Waals surface area contributed by atoms with Crippen molar-refractivity contribution in [3.63, 3.8) is 0 Å². The summed E-state index contributed by atoms with van der Waals surface area (Å²) in [5, 5.41) is 0. The van der Waals surface area contributed by atoms with Crippen molar-refractivity contribution in [2.24, 2.45) is 0 Å². The number of alkyl halides is 3. The highest BCUT2D eigenvalue weighted by atomic mass is 19.4. The Labute approximate surface area is 188 Å². The van der Waals surface area contributed by atoms with Gasteiger partial charge in [-0.1, -0.05) is 30.3 Å². The summed E-state index contributed by atoms with van der Waals surface area (Å²) in [7, 11) is 0. The van der Waals surface area contributed by atoms with E-state index in [1.807, 2.05) is 35.2 Å². The maximum Gasteiger partial charge on any atom is 0.573 e. The average Bonchev–Trinajstić information content (AvgIpc) is 2.78. The van der Waals surface area contributed by atoms with E-state index in [1.165, 1.54) is 23.1 Å². The molecule has 1 aliphatic heterocycles. The molecule has 2 heterocycles. The molecule has 1 fully saturated rings. The number of rotatable bonds is 5. The van der Waals surface area contributed by atoms with Gasteiger partial charge in [0.1, 0.15) is 23.1 Å². The number of piperazine rings is 1. The van der Waals surface area contributed by atoms with Crippen molar-refractivity contribution in [2.45, 2.75) is 13.3 Å². The predicted octanol–water partition coefficient (Wildman–Crippen LogP) is 4.44. The fourth-order valence-corrected chi connectivity index (χ4v) is 3.51. The number of aryl methyl sites for hydroxylation is 1. The molecule has 0 N–H and O–H groups in total. The van der Waals surface area contributed by atoms with Crippen LogP contribution in [0.5, 0.6) is 17.4 Å². The lowest BCUT2D eigenvalue weighted by Crippen LogP contribution is -2.49. The monoisotopic (exact) mass is 458 g/mol. The minimum absolute atomic E-state index is 0.125. The molecule has 0 aliphatic carbocycles. The second kappa shape index (κ2) is 9.35. The van der Waals surface area contributed by atoms with Gasteiger partial charge in [-0.15, -0.1) is 13.2 Å². The summed E-state index contributed by atoms with van der Waals surface area (Å²) in [5.74, 6) is 1.22. The Kier molecular flexibility index (Phi) is 6.34. The Morgan fingerprint density at radius 1 is 0.939 bits per heavy atom. The Morgan fingerprint density at radius 3 is 2.30 bits per heavy atom. The van der Waals surface area contributed by atoms with Crippen LogP contribution in [0.1, 0.15) is 16.2 Å². The zero-order valence-corrected chi connectivity index (χ0v) is 17.7. The van der Waals surface area contributed by atoms with Gasteiger partial charge in [-0.25, -0.2) is 4.98 Å². The van der Waals surface area contributed by atoms with E-state index < -0.39 is 18.0 Å². The van der Waals surface area contributed by atoms with Crippen LogP contribution in [-0.2, 0) is 0 Å². The zero-order chi connectivity index (χ0) is 23.4. The van der Waals surface area contributed by atoms with Crippen LogP contribution in [0.4, 0.5) is 19.0 Å². The van der Waals surface area contributed by atoms with Crippen molar-refractivity contribution in [1.29, 1.82) is 0 Å². The molecule has 0 unspecified atom stereocenters. The summed E-state index contributed by atoms with van der Waals surface area (Å²) in [5.41, 5.74) is -0.125. The molecule has 172 valence electrons. The number of hydrogen-bond acceptors (Lipinski definition) is 6. The van der Waals surface area contributed by atoms with Crippen molar-refractivity contribution in [3.8, 4) is 17.4 Å². The van der Waals surface area contributed by atoms with Gasteiger partial charge in [0.05, 0.1) is 5.56 Å². The summed E-state index contributed by atoms with van der Waals surface area (Å²) in [6, 6.07) is 16.3. The smallest absolute Gasteiger partial charge is 0.439 e. The number of carbonyl (C=O) groups excluding carboxylic acids is 1. The minimum atomic E-state index is -4.88. The lowest BCUT2D eigenvalue weighted by molar-refractivity contribution is -0.274. The van der Waals surface area contributed by atoms with Crippen LogP contribution >= 0.6 is 0 Å². The number of aromatic nitrogens is 2. The lowest BCUT2D eigenvalue weighted by Gasteiger charge is -2.35. The molecule has 7 nitrogen and oxygen atoms in total. The molecule has 1 aromatic heterocycles. The third-order valence-electron chi connectivity index (χ3n) is 5.00. The molecule has 33 heavy (non-hydrogen) atoms. The van der Waals surface area contributed by atoms with Crippen LogP contribution in [0.15, 0.2) is 60.7 Å². The first-order valence-electron chi connectivity index (χ1n) is 10.3. The Bertz CT molecular complexity index is 1120. The van der Waals surface area contributed by atoms with Crippen molar-refractivity contribution < 1.29 is 27.4 Å². The first-order chi connectivity index (χ1) is 15.8. The van der Waals surface area contributed by atoms with E-state index in [0.29, 0.717) is 49.5 Å². The van der Waals surface area contributed by atoms with E-state index in [2.05, 4.69) is 14.7 Å². The van der Waals surface area contributed by atoms with Crippen LogP contribution in [0, 0.1) is 6.92 Å². The Hall–Kier alpha value is -3.82. The lowest BCUT2D eigenvalue weighted by atomic mass is 10.1. The van der Waals surface area contributed by atoms with Gasteiger partial charge in [0.2, 0.25) is 5.88 Å². The van der Waals surface area contributed by atoms with Crippen molar-refractivity contribution in [1.82, 2.24) is 14.9 Å². The highest BCUT2D eigenvalue weighted by Crippen LogP contribution is 2.28. The van der Waals surface area contributed by atoms with Crippen molar-refractivity contribution in [3.05, 3.63) is 72.1 Å². The Balaban J connectivity index is 1.44. The summed E-state index contributed by atoms with van der Waals surface area (Å²) < 4.78 is 47.9. The molecule has 4 rings (SSSR count). The fraction of sp³-hybridized carbons (Fsp3) is 0.261. The normalized spacial score (nSPS) is 14.2. The number of para-hydroxylation sites is 2. The van der Waals surface area contributed by atoms with E-state index in [1.54, 1.807) is 13.0 Å². The largest absolute Gasteiger partial charge is 0.573 e. The van der Waals surface area contributed by atoms with Gasteiger partial charge in [0, 0.05) is 32.2 Å². The highest BCUT2D eigenvalue weighted by molar-refractivity contribution is 5.97. The number of anilines is 1. The van der Waals surface area contributed by atoms with Gasteiger partial charge in [-0.05, 0) is 31.2 Å². The summed E-state index contributed by atoms with van der Waals surface area (Å²) in [6.07, 6.45) is -4.88. The van der Waals surface area contributed by atoms with Crippen molar-refractivity contribution >= 4 is 11.7 Å². The number of carbonyl (C=O) groups is 1. The third-order valence-corrected chi connectivity index (χ3v) is 5.00. The number of hydrogen-bond donors (Lipinski definition) is 0. The molecular formula is C23H21F3N4O3. The molecule has 10 heteroatoms. The zero-order valence-electron chi connectivity index (χ0n) is 17.7. The van der Waals surface area contributed by atoms with Crippen LogP contribution in [0.2, 0.25) is 0 Å². The Morgan fingerprint density at radius 2 is 1.61 bits per heavy atom. The molecule has 0 bridgehead atoms. The summed E-state index contributed by atoms with van der Waals surface area (Å²) in [6.45, 7) is 3.30. The first-order valence-corrected chi connectivity index (χ1v) is 10.3. The molecule has 0 spiro atoms. The topological polar surface area (TPSA) is 67.8 Å². The second-order valence-corrected chi connectivity index (χ2v) is 7.35. The number of nitrogens with zero attached hydrogens (tertiary/aromatic N) is 4. The molecule has 3 aromatic rings. The molecule has 1 aliphatic rings. The molecule has 0 saturated carbocycles. The number of amides is 1. The number of benzene rings is 2. The van der Waals surface area contributed by atoms with Gasteiger partial charge in [0.15, 0.2) is 0 Å². The molecular weight excluding hydrogens is 437 g/mol. The van der Waals surface area contributed by atoms with Crippen LogP contribution in [0.25, 0.3) is 0 Å². The highest BCUT2D eigenvalue weighted by Gasteiger charge is 2.34. The van der Waals surface area contributed by atoms with E-state index in [4.69, 9.17) is 4.74 Å². The van der Waals surface area contributed by atoms with Crippen LogP contribution in [0.3, 0.4) is 0 Å². The minimum Gasteiger partial charge on any atom is -0.439 e. The molecule has 1 amide bonds. The second-order valence-electron chi connectivity index (χ2n) is 7.35. The maximum atomic E-state index is 12.9. The summed E-state index contributed by atoms with van der Waals surface area (Å²) >= 11 is 0. The fourth-order valence-electron chi connectivity index (χ4n) is 3.51. The maximum absolute atomic E-state index is 12.9. The summed E-state index contributed by atoms with van der Waals surface area (Å²) in [4.78, 5) is 25.1. The third kappa shape index (κ3) is 5.71. The van der Waals surface area contributed by atoms with E-state index in [9.17, 15) is 18.0 Å². The number of ether oxygens (including phenoxy) is 2. The predicted molar refractivity (Wildman–Crippen MR) is 115 cm³/mol. The molecule has 2 aromatic carbocycles. The van der Waals surface area contributed by atoms with Gasteiger partial charge in [-0.3, -0.25) is 4.79 Å². The average molecular weight is 458 g/mol. The molecule has 1 saturated heterocycles. The van der Waals surface area contributed by atoms with E-state index >= 15 is 0 Å². The van der Waals surface area contributed by atoms with Gasteiger partial charge in [-0.2, -0.15) is 4.98 Å². The van der Waals surface area contributed by atoms with Crippen LogP contribution < -0.4 is 14.4 Å². The van der Waals surface area contributed by atoms with Gasteiger partial charge < -0.3 is 19.3 Å². The van der Waals surface area contributed by atoms with Gasteiger partial charge in [0.25, 0.3) is 5.91 Å². The standard InChI is InChI=1S/C23H21F3N4O3/c1-16-27-20(15-21(28-16)32-17-7-3-2-4-8-17)29-11-13-30(14-12-29)22(31)18-9-5-6-10-19(18)33-23(24,25)26/h2-10,15H,11-14H2,1H3. The molecule has 0 atom stereocenters. The number of halogens is 3. The van der Waals surface area contributed by atoms with Crippen LogP contribution in [-0.4, -0.2) is 53.3 Å². The van der Waals surface area contributed by atoms with E-state index in [0.717, 1.165) is 6.07 Å². The van der Waals surface area contributed by atoms with E-state index in [-0.39, 0.29) is 5.56 Å². The SMILES string of the molecule is Cc1nc(Oc2ccccc2)cc(N2CCN(C(=O)c3ccccc3OC(F)(F)F)CC2)n1. The van der Waals surface area contributed by atoms with Crippen molar-refractivity contribution in [2.75, 3.05) is 31.1 Å². The quantitative estimate of drug-likeness (QED) is 0.563. The molecule has 0 radical (unpaired) electrons.